The Balaban J connectivity index is 1.79. The van der Waals surface area contributed by atoms with E-state index in [-0.39, 0.29) is 0 Å². The van der Waals surface area contributed by atoms with Gasteiger partial charge >= 0.3 is 6.09 Å². The SMILES string of the molecule is CC(C)(C)OC(=O)NCCC(O)c1cccc(NCC2(O)CCCC2)c1. The topological polar surface area (TPSA) is 90.8 Å². The second-order valence-corrected chi connectivity index (χ2v) is 8.14. The zero-order chi connectivity index (χ0) is 19.2. The predicted octanol–water partition coefficient (Wildman–Crippen LogP) is 3.35. The number of rotatable bonds is 7. The lowest BCUT2D eigenvalue weighted by atomic mass is 10.0. The molecule has 1 amide bonds. The van der Waals surface area contributed by atoms with Crippen LogP contribution in [-0.2, 0) is 4.74 Å². The molecule has 2 rings (SSSR count). The van der Waals surface area contributed by atoms with Gasteiger partial charge in [-0.15, -0.1) is 0 Å². The molecule has 1 aliphatic carbocycles. The van der Waals surface area contributed by atoms with Crippen molar-refractivity contribution >= 4 is 11.8 Å². The molecule has 0 aromatic heterocycles. The van der Waals surface area contributed by atoms with Crippen molar-refractivity contribution in [2.75, 3.05) is 18.4 Å². The number of aliphatic hydroxyl groups is 2. The van der Waals surface area contributed by atoms with E-state index in [2.05, 4.69) is 10.6 Å². The van der Waals surface area contributed by atoms with E-state index in [1.165, 1.54) is 0 Å². The van der Waals surface area contributed by atoms with Crippen LogP contribution < -0.4 is 10.6 Å². The number of anilines is 1. The molecule has 26 heavy (non-hydrogen) atoms. The number of benzene rings is 1. The first kappa shape index (κ1) is 20.5. The molecule has 0 radical (unpaired) electrons. The first-order valence-corrected chi connectivity index (χ1v) is 9.38. The molecule has 1 aliphatic rings. The number of aliphatic hydroxyl groups excluding tert-OH is 1. The Kier molecular flexibility index (Phi) is 6.89. The van der Waals surface area contributed by atoms with E-state index < -0.39 is 23.4 Å². The number of ether oxygens (including phenoxy) is 1. The number of alkyl carbamates (subject to hydrolysis) is 1. The van der Waals surface area contributed by atoms with Crippen molar-refractivity contribution in [1.29, 1.82) is 0 Å². The maximum absolute atomic E-state index is 11.6. The largest absolute Gasteiger partial charge is 0.444 e. The molecular weight excluding hydrogens is 332 g/mol. The third kappa shape index (κ3) is 6.84. The summed E-state index contributed by atoms with van der Waals surface area (Å²) < 4.78 is 5.17. The molecule has 0 saturated heterocycles. The van der Waals surface area contributed by atoms with Gasteiger partial charge in [0.25, 0.3) is 0 Å². The van der Waals surface area contributed by atoms with Crippen molar-refractivity contribution in [1.82, 2.24) is 5.32 Å². The monoisotopic (exact) mass is 364 g/mol. The van der Waals surface area contributed by atoms with Crippen molar-refractivity contribution < 1.29 is 19.7 Å². The highest BCUT2D eigenvalue weighted by Crippen LogP contribution is 2.30. The number of hydrogen-bond acceptors (Lipinski definition) is 5. The molecule has 6 nitrogen and oxygen atoms in total. The zero-order valence-electron chi connectivity index (χ0n) is 16.0. The normalized spacial score (nSPS) is 17.6. The molecule has 1 unspecified atom stereocenters. The molecule has 146 valence electrons. The first-order chi connectivity index (χ1) is 12.2. The highest BCUT2D eigenvalue weighted by atomic mass is 16.6. The smallest absolute Gasteiger partial charge is 0.407 e. The zero-order valence-corrected chi connectivity index (χ0v) is 16.0. The Labute approximate surface area is 155 Å². The molecule has 1 atom stereocenters. The van der Waals surface area contributed by atoms with Gasteiger partial charge in [0.15, 0.2) is 0 Å². The molecule has 1 aromatic rings. The van der Waals surface area contributed by atoms with Crippen LogP contribution >= 0.6 is 0 Å². The quantitative estimate of drug-likeness (QED) is 0.596. The van der Waals surface area contributed by atoms with Gasteiger partial charge in [0.05, 0.1) is 11.7 Å². The molecule has 0 spiro atoms. The number of hydrogen-bond donors (Lipinski definition) is 4. The minimum atomic E-state index is -0.679. The third-order valence-electron chi connectivity index (χ3n) is 4.51. The van der Waals surface area contributed by atoms with Gasteiger partial charge in [-0.1, -0.05) is 25.0 Å². The molecular formula is C20H32N2O4. The van der Waals surface area contributed by atoms with E-state index in [0.29, 0.717) is 19.5 Å². The van der Waals surface area contributed by atoms with E-state index in [1.807, 2.05) is 45.0 Å². The van der Waals surface area contributed by atoms with Crippen molar-refractivity contribution in [2.24, 2.45) is 0 Å². The minimum Gasteiger partial charge on any atom is -0.444 e. The van der Waals surface area contributed by atoms with E-state index in [4.69, 9.17) is 4.74 Å². The summed E-state index contributed by atoms with van der Waals surface area (Å²) in [5.74, 6) is 0. The summed E-state index contributed by atoms with van der Waals surface area (Å²) in [4.78, 5) is 11.6. The summed E-state index contributed by atoms with van der Waals surface area (Å²) in [5.41, 5.74) is 0.499. The lowest BCUT2D eigenvalue weighted by Gasteiger charge is -2.23. The van der Waals surface area contributed by atoms with Crippen LogP contribution in [0, 0.1) is 0 Å². The van der Waals surface area contributed by atoms with Gasteiger partial charge in [-0.05, 0) is 57.7 Å². The second-order valence-electron chi connectivity index (χ2n) is 8.14. The van der Waals surface area contributed by atoms with Gasteiger partial charge in [0, 0.05) is 18.8 Å². The molecule has 1 fully saturated rings. The molecule has 0 heterocycles. The van der Waals surface area contributed by atoms with Crippen molar-refractivity contribution in [3.8, 4) is 0 Å². The van der Waals surface area contributed by atoms with Gasteiger partial charge < -0.3 is 25.6 Å². The van der Waals surface area contributed by atoms with Gasteiger partial charge in [0.1, 0.15) is 5.60 Å². The average molecular weight is 364 g/mol. The second kappa shape index (κ2) is 8.73. The Morgan fingerprint density at radius 1 is 1.31 bits per heavy atom. The van der Waals surface area contributed by atoms with Crippen LogP contribution in [0.5, 0.6) is 0 Å². The van der Waals surface area contributed by atoms with Gasteiger partial charge in [-0.25, -0.2) is 4.79 Å². The summed E-state index contributed by atoms with van der Waals surface area (Å²) in [6.07, 6.45) is 3.04. The maximum Gasteiger partial charge on any atom is 0.407 e. The minimum absolute atomic E-state index is 0.327. The van der Waals surface area contributed by atoms with E-state index in [9.17, 15) is 15.0 Å². The fourth-order valence-electron chi connectivity index (χ4n) is 3.12. The Bertz CT molecular complexity index is 592. The van der Waals surface area contributed by atoms with Crippen LogP contribution in [-0.4, -0.2) is 40.6 Å². The molecule has 0 aliphatic heterocycles. The van der Waals surface area contributed by atoms with Gasteiger partial charge in [0.2, 0.25) is 0 Å². The molecule has 6 heteroatoms. The third-order valence-corrected chi connectivity index (χ3v) is 4.51. The summed E-state index contributed by atoms with van der Waals surface area (Å²) >= 11 is 0. The summed E-state index contributed by atoms with van der Waals surface area (Å²) in [5, 5.41) is 26.7. The molecule has 0 bridgehead atoms. The Morgan fingerprint density at radius 2 is 2.00 bits per heavy atom. The Morgan fingerprint density at radius 3 is 2.65 bits per heavy atom. The first-order valence-electron chi connectivity index (χ1n) is 9.38. The molecule has 1 aromatic carbocycles. The maximum atomic E-state index is 11.6. The van der Waals surface area contributed by atoms with Crippen molar-refractivity contribution in [2.45, 2.75) is 70.2 Å². The van der Waals surface area contributed by atoms with E-state index in [0.717, 1.165) is 36.9 Å². The number of nitrogens with one attached hydrogen (secondary N) is 2. The highest BCUT2D eigenvalue weighted by Gasteiger charge is 2.30. The van der Waals surface area contributed by atoms with Crippen LogP contribution in [0.15, 0.2) is 24.3 Å². The Hall–Kier alpha value is -1.79. The van der Waals surface area contributed by atoms with Gasteiger partial charge in [-0.3, -0.25) is 0 Å². The molecule has 1 saturated carbocycles. The predicted molar refractivity (Wildman–Crippen MR) is 102 cm³/mol. The van der Waals surface area contributed by atoms with Crippen LogP contribution in [0.1, 0.15) is 64.5 Å². The van der Waals surface area contributed by atoms with Crippen molar-refractivity contribution in [3.05, 3.63) is 29.8 Å². The number of carbonyl (C=O) groups is 1. The lowest BCUT2D eigenvalue weighted by Crippen LogP contribution is -2.33. The van der Waals surface area contributed by atoms with Crippen LogP contribution in [0.25, 0.3) is 0 Å². The van der Waals surface area contributed by atoms with E-state index in [1.54, 1.807) is 0 Å². The number of carbonyl (C=O) groups excluding carboxylic acids is 1. The summed E-state index contributed by atoms with van der Waals surface area (Å²) in [7, 11) is 0. The average Bonchev–Trinajstić information content (AvgIpc) is 2.99. The van der Waals surface area contributed by atoms with Crippen molar-refractivity contribution in [3.63, 3.8) is 0 Å². The summed E-state index contributed by atoms with van der Waals surface area (Å²) in [6.45, 7) is 6.27. The van der Waals surface area contributed by atoms with Gasteiger partial charge in [-0.2, -0.15) is 0 Å². The van der Waals surface area contributed by atoms with Crippen LogP contribution in [0.2, 0.25) is 0 Å². The molecule has 4 N–H and O–H groups in total. The van der Waals surface area contributed by atoms with Crippen LogP contribution in [0.3, 0.4) is 0 Å². The standard InChI is InChI=1S/C20H32N2O4/c1-19(2,3)26-18(24)21-12-9-17(23)15-7-6-8-16(13-15)22-14-20(25)10-4-5-11-20/h6-8,13,17,22-23,25H,4-5,9-12,14H2,1-3H3,(H,21,24). The highest BCUT2D eigenvalue weighted by molar-refractivity contribution is 5.67. The lowest BCUT2D eigenvalue weighted by molar-refractivity contribution is 0.0518. The van der Waals surface area contributed by atoms with Crippen LogP contribution in [0.4, 0.5) is 10.5 Å². The summed E-state index contributed by atoms with van der Waals surface area (Å²) in [6, 6.07) is 7.54. The fourth-order valence-corrected chi connectivity index (χ4v) is 3.12. The number of amides is 1. The fraction of sp³-hybridized carbons (Fsp3) is 0.650. The van der Waals surface area contributed by atoms with E-state index >= 15 is 0 Å².